The van der Waals surface area contributed by atoms with Crippen molar-refractivity contribution in [2.45, 2.75) is 0 Å². The highest BCUT2D eigenvalue weighted by Gasteiger charge is 2.11. The van der Waals surface area contributed by atoms with Gasteiger partial charge in [-0.1, -0.05) is 6.07 Å². The maximum atomic E-state index is 11.3. The monoisotopic (exact) mass is 221 g/mol. The lowest BCUT2D eigenvalue weighted by Gasteiger charge is -2.13. The van der Waals surface area contributed by atoms with E-state index in [4.69, 9.17) is 0 Å². The van der Waals surface area contributed by atoms with Gasteiger partial charge in [0.1, 0.15) is 0 Å². The molecule has 0 saturated heterocycles. The molecule has 2 amide bonds. The molecule has 0 saturated carbocycles. The van der Waals surface area contributed by atoms with E-state index in [1.165, 1.54) is 7.05 Å². The molecule has 0 aromatic heterocycles. The van der Waals surface area contributed by atoms with Crippen LogP contribution in [0.25, 0.3) is 0 Å². The minimum absolute atomic E-state index is 0.597. The van der Waals surface area contributed by atoms with Gasteiger partial charge < -0.3 is 15.5 Å². The zero-order chi connectivity index (χ0) is 12.1. The van der Waals surface area contributed by atoms with Gasteiger partial charge in [0, 0.05) is 32.5 Å². The number of benzene rings is 1. The van der Waals surface area contributed by atoms with E-state index in [-0.39, 0.29) is 0 Å². The summed E-state index contributed by atoms with van der Waals surface area (Å²) in [5.74, 6) is -1.33. The van der Waals surface area contributed by atoms with Gasteiger partial charge in [-0.2, -0.15) is 0 Å². The van der Waals surface area contributed by atoms with Crippen molar-refractivity contribution in [3.63, 3.8) is 0 Å². The Bertz CT molecular complexity index is 402. The molecule has 0 atom stereocenters. The van der Waals surface area contributed by atoms with Gasteiger partial charge in [0.25, 0.3) is 0 Å². The van der Waals surface area contributed by atoms with Gasteiger partial charge in [-0.25, -0.2) is 0 Å². The fourth-order valence-corrected chi connectivity index (χ4v) is 1.16. The van der Waals surface area contributed by atoms with Crippen LogP contribution in [0.4, 0.5) is 11.4 Å². The lowest BCUT2D eigenvalue weighted by Crippen LogP contribution is -2.32. The minimum Gasteiger partial charge on any atom is -0.378 e. The predicted octanol–water partition coefficient (Wildman–Crippen LogP) is 0.437. The molecule has 0 aliphatic carbocycles. The van der Waals surface area contributed by atoms with E-state index < -0.39 is 11.8 Å². The number of anilines is 2. The normalized spacial score (nSPS) is 9.44. The van der Waals surface area contributed by atoms with E-state index in [1.807, 2.05) is 31.1 Å². The van der Waals surface area contributed by atoms with E-state index in [9.17, 15) is 9.59 Å². The molecule has 0 radical (unpaired) electrons. The van der Waals surface area contributed by atoms with Crippen LogP contribution in [-0.4, -0.2) is 33.0 Å². The Morgan fingerprint density at radius 2 is 1.88 bits per heavy atom. The molecule has 1 aromatic rings. The Balaban J connectivity index is 2.78. The highest BCUT2D eigenvalue weighted by atomic mass is 16.2. The van der Waals surface area contributed by atoms with Crippen LogP contribution < -0.4 is 15.5 Å². The Hall–Kier alpha value is -2.04. The summed E-state index contributed by atoms with van der Waals surface area (Å²) in [6, 6.07) is 7.25. The van der Waals surface area contributed by atoms with Crippen LogP contribution in [0, 0.1) is 0 Å². The zero-order valence-corrected chi connectivity index (χ0v) is 9.57. The highest BCUT2D eigenvalue weighted by molar-refractivity contribution is 6.39. The smallest absolute Gasteiger partial charge is 0.313 e. The lowest BCUT2D eigenvalue weighted by atomic mass is 10.2. The van der Waals surface area contributed by atoms with Gasteiger partial charge in [-0.05, 0) is 18.2 Å². The molecule has 5 heteroatoms. The lowest BCUT2D eigenvalue weighted by molar-refractivity contribution is -0.135. The quantitative estimate of drug-likeness (QED) is 0.712. The van der Waals surface area contributed by atoms with Crippen molar-refractivity contribution in [1.82, 2.24) is 5.32 Å². The molecule has 0 aliphatic rings. The minimum atomic E-state index is -0.668. The average Bonchev–Trinajstić information content (AvgIpc) is 2.28. The number of rotatable bonds is 2. The molecule has 0 fully saturated rings. The number of carbonyl (C=O) groups is 2. The first-order valence-corrected chi connectivity index (χ1v) is 4.85. The fraction of sp³-hybridized carbons (Fsp3) is 0.273. The molecule has 0 heterocycles. The molecule has 0 spiro atoms. The van der Waals surface area contributed by atoms with Gasteiger partial charge >= 0.3 is 11.8 Å². The largest absolute Gasteiger partial charge is 0.378 e. The predicted molar refractivity (Wildman–Crippen MR) is 63.5 cm³/mol. The van der Waals surface area contributed by atoms with Crippen molar-refractivity contribution in [3.05, 3.63) is 24.3 Å². The van der Waals surface area contributed by atoms with Gasteiger partial charge in [-0.3, -0.25) is 9.59 Å². The number of hydrogen-bond donors (Lipinski definition) is 2. The van der Waals surface area contributed by atoms with Crippen molar-refractivity contribution >= 4 is 23.2 Å². The fourth-order valence-electron chi connectivity index (χ4n) is 1.16. The summed E-state index contributed by atoms with van der Waals surface area (Å²) in [6.45, 7) is 0. The van der Waals surface area contributed by atoms with Crippen molar-refractivity contribution in [3.8, 4) is 0 Å². The first kappa shape index (κ1) is 12.0. The molecule has 1 aromatic carbocycles. The van der Waals surface area contributed by atoms with Gasteiger partial charge in [0.15, 0.2) is 0 Å². The third-order valence-electron chi connectivity index (χ3n) is 2.05. The van der Waals surface area contributed by atoms with Crippen LogP contribution in [0.1, 0.15) is 0 Å². The zero-order valence-electron chi connectivity index (χ0n) is 9.57. The Kier molecular flexibility index (Phi) is 3.88. The number of nitrogens with one attached hydrogen (secondary N) is 2. The summed E-state index contributed by atoms with van der Waals surface area (Å²) in [5.41, 5.74) is 1.55. The van der Waals surface area contributed by atoms with Crippen LogP contribution in [0.3, 0.4) is 0 Å². The van der Waals surface area contributed by atoms with Crippen LogP contribution in [-0.2, 0) is 9.59 Å². The van der Waals surface area contributed by atoms with Crippen LogP contribution in [0.2, 0.25) is 0 Å². The number of nitrogens with zero attached hydrogens (tertiary/aromatic N) is 1. The van der Waals surface area contributed by atoms with E-state index in [1.54, 1.807) is 12.1 Å². The molecule has 0 bridgehead atoms. The van der Waals surface area contributed by atoms with Crippen LogP contribution >= 0.6 is 0 Å². The van der Waals surface area contributed by atoms with Gasteiger partial charge in [0.2, 0.25) is 0 Å². The van der Waals surface area contributed by atoms with E-state index in [2.05, 4.69) is 10.6 Å². The number of carbonyl (C=O) groups excluding carboxylic acids is 2. The van der Waals surface area contributed by atoms with Crippen molar-refractivity contribution in [2.24, 2.45) is 0 Å². The third-order valence-corrected chi connectivity index (χ3v) is 2.05. The molecule has 2 N–H and O–H groups in total. The highest BCUT2D eigenvalue weighted by Crippen LogP contribution is 2.16. The first-order chi connectivity index (χ1) is 7.54. The molecule has 0 unspecified atom stereocenters. The Morgan fingerprint density at radius 3 is 2.44 bits per heavy atom. The molecular formula is C11H15N3O2. The topological polar surface area (TPSA) is 61.4 Å². The molecular weight excluding hydrogens is 206 g/mol. The Morgan fingerprint density at radius 1 is 1.19 bits per heavy atom. The second kappa shape index (κ2) is 5.16. The molecule has 16 heavy (non-hydrogen) atoms. The van der Waals surface area contributed by atoms with E-state index in [0.717, 1.165) is 5.69 Å². The van der Waals surface area contributed by atoms with Crippen molar-refractivity contribution < 1.29 is 9.59 Å². The molecule has 1 rings (SSSR count). The molecule has 0 aliphatic heterocycles. The average molecular weight is 221 g/mol. The number of amides is 2. The van der Waals surface area contributed by atoms with E-state index in [0.29, 0.717) is 5.69 Å². The Labute approximate surface area is 94.4 Å². The second-order valence-electron chi connectivity index (χ2n) is 3.48. The van der Waals surface area contributed by atoms with Gasteiger partial charge in [-0.15, -0.1) is 0 Å². The summed E-state index contributed by atoms with van der Waals surface area (Å²) in [6.07, 6.45) is 0. The summed E-state index contributed by atoms with van der Waals surface area (Å²) in [7, 11) is 5.22. The maximum Gasteiger partial charge on any atom is 0.313 e. The van der Waals surface area contributed by atoms with Crippen molar-refractivity contribution in [1.29, 1.82) is 0 Å². The molecule has 86 valence electrons. The van der Waals surface area contributed by atoms with Crippen molar-refractivity contribution in [2.75, 3.05) is 31.4 Å². The molecule has 5 nitrogen and oxygen atoms in total. The summed E-state index contributed by atoms with van der Waals surface area (Å²) in [5, 5.41) is 4.77. The number of hydrogen-bond acceptors (Lipinski definition) is 3. The first-order valence-electron chi connectivity index (χ1n) is 4.85. The SMILES string of the molecule is CNC(=O)C(=O)Nc1cccc(N(C)C)c1. The number of likely N-dealkylation sites (N-methyl/N-ethyl adjacent to an activating group) is 1. The van der Waals surface area contributed by atoms with E-state index >= 15 is 0 Å². The summed E-state index contributed by atoms with van der Waals surface area (Å²) in [4.78, 5) is 24.2. The third kappa shape index (κ3) is 2.98. The second-order valence-corrected chi connectivity index (χ2v) is 3.48. The maximum absolute atomic E-state index is 11.3. The summed E-state index contributed by atoms with van der Waals surface area (Å²) < 4.78 is 0. The summed E-state index contributed by atoms with van der Waals surface area (Å²) >= 11 is 0. The standard InChI is InChI=1S/C11H15N3O2/c1-12-10(15)11(16)13-8-5-4-6-9(7-8)14(2)3/h4-7H,1-3H3,(H,12,15)(H,13,16). The van der Waals surface area contributed by atoms with Crippen LogP contribution in [0.5, 0.6) is 0 Å². The van der Waals surface area contributed by atoms with Crippen LogP contribution in [0.15, 0.2) is 24.3 Å². The van der Waals surface area contributed by atoms with Gasteiger partial charge in [0.05, 0.1) is 0 Å².